The highest BCUT2D eigenvalue weighted by molar-refractivity contribution is 5.81. The highest BCUT2D eigenvalue weighted by Crippen LogP contribution is 2.30. The zero-order valence-electron chi connectivity index (χ0n) is 15.6. The van der Waals surface area contributed by atoms with Crippen LogP contribution in [0.4, 0.5) is 22.0 Å². The van der Waals surface area contributed by atoms with Crippen molar-refractivity contribution in [2.45, 2.75) is 53.1 Å². The minimum Gasteiger partial charge on any atom is -0.460 e. The first-order valence-electron chi connectivity index (χ1n) is 8.19. The number of hydrogen-bond acceptors (Lipinski definition) is 4. The van der Waals surface area contributed by atoms with Crippen molar-refractivity contribution in [2.75, 3.05) is 0 Å². The molecule has 0 amide bonds. The first-order valence-corrected chi connectivity index (χ1v) is 8.19. The highest BCUT2D eigenvalue weighted by atomic mass is 19.2. The molecule has 1 aromatic rings. The van der Waals surface area contributed by atoms with E-state index in [4.69, 9.17) is 4.74 Å². The summed E-state index contributed by atoms with van der Waals surface area (Å²) in [4.78, 5) is 24.2. The molecule has 0 unspecified atom stereocenters. The second-order valence-electron chi connectivity index (χ2n) is 7.44. The fourth-order valence-electron chi connectivity index (χ4n) is 2.27. The molecule has 9 heteroatoms. The maximum absolute atomic E-state index is 13.7. The zero-order valence-corrected chi connectivity index (χ0v) is 15.6. The first-order chi connectivity index (χ1) is 12.2. The minimum atomic E-state index is -2.36. The van der Waals surface area contributed by atoms with Gasteiger partial charge in [-0.1, -0.05) is 13.8 Å². The lowest BCUT2D eigenvalue weighted by molar-refractivity contribution is -0.159. The Bertz CT molecular complexity index is 696. The van der Waals surface area contributed by atoms with Crippen LogP contribution in [-0.4, -0.2) is 17.5 Å². The van der Waals surface area contributed by atoms with E-state index in [9.17, 15) is 31.5 Å². The Balaban J connectivity index is 3.10. The van der Waals surface area contributed by atoms with E-state index < -0.39 is 64.7 Å². The zero-order chi connectivity index (χ0) is 21.1. The number of hydrogen-bond donors (Lipinski definition) is 0. The fraction of sp³-hybridized carbons (Fsp3) is 0.556. The molecule has 0 aliphatic heterocycles. The quantitative estimate of drug-likeness (QED) is 0.230. The second-order valence-corrected chi connectivity index (χ2v) is 7.44. The fourth-order valence-corrected chi connectivity index (χ4v) is 2.27. The maximum Gasteiger partial charge on any atom is 0.315 e. The molecular formula is C18H21F5O4. The molecule has 0 aliphatic rings. The molecule has 1 atom stereocenters. The van der Waals surface area contributed by atoms with Crippen LogP contribution in [0.5, 0.6) is 5.75 Å². The summed E-state index contributed by atoms with van der Waals surface area (Å²) >= 11 is 0. The molecule has 0 fully saturated rings. The van der Waals surface area contributed by atoms with Crippen LogP contribution in [0.3, 0.4) is 0 Å². The summed E-state index contributed by atoms with van der Waals surface area (Å²) in [6, 6.07) is 0. The average molecular weight is 396 g/mol. The normalized spacial score (nSPS) is 12.9. The monoisotopic (exact) mass is 396 g/mol. The van der Waals surface area contributed by atoms with E-state index in [2.05, 4.69) is 4.74 Å². The predicted molar refractivity (Wildman–Crippen MR) is 85.3 cm³/mol. The lowest BCUT2D eigenvalue weighted by Crippen LogP contribution is -2.30. The van der Waals surface area contributed by atoms with Gasteiger partial charge in [-0.2, -0.15) is 8.78 Å². The van der Waals surface area contributed by atoms with Gasteiger partial charge in [0.1, 0.15) is 5.60 Å². The van der Waals surface area contributed by atoms with Gasteiger partial charge in [-0.15, -0.1) is 0 Å². The summed E-state index contributed by atoms with van der Waals surface area (Å²) in [5.74, 6) is -16.4. The van der Waals surface area contributed by atoms with E-state index in [1.165, 1.54) is 0 Å². The molecule has 0 N–H and O–H groups in total. The van der Waals surface area contributed by atoms with Crippen molar-refractivity contribution < 1.29 is 41.0 Å². The summed E-state index contributed by atoms with van der Waals surface area (Å²) in [5, 5.41) is 0. The SMILES string of the molecule is CC(C)C[C@H](CC(=O)OC(C)(C)C)C(=O)Oc1c(F)c(F)c(F)c(F)c1F. The molecule has 0 bridgehead atoms. The molecule has 152 valence electrons. The molecule has 0 spiro atoms. The third-order valence-corrected chi connectivity index (χ3v) is 3.29. The van der Waals surface area contributed by atoms with Crippen LogP contribution in [0.1, 0.15) is 47.5 Å². The molecule has 4 nitrogen and oxygen atoms in total. The molecule has 1 rings (SSSR count). The number of carbonyl (C=O) groups excluding carboxylic acids is 2. The third kappa shape index (κ3) is 6.18. The van der Waals surface area contributed by atoms with Gasteiger partial charge in [0.15, 0.2) is 0 Å². The summed E-state index contributed by atoms with van der Waals surface area (Å²) in [6.07, 6.45) is -0.392. The molecule has 1 aromatic carbocycles. The van der Waals surface area contributed by atoms with Gasteiger partial charge in [-0.3, -0.25) is 9.59 Å². The Morgan fingerprint density at radius 3 is 1.74 bits per heavy atom. The van der Waals surface area contributed by atoms with Gasteiger partial charge < -0.3 is 9.47 Å². The Morgan fingerprint density at radius 1 is 0.889 bits per heavy atom. The van der Waals surface area contributed by atoms with Crippen LogP contribution < -0.4 is 4.74 Å². The highest BCUT2D eigenvalue weighted by Gasteiger charge is 2.32. The molecule has 27 heavy (non-hydrogen) atoms. The minimum absolute atomic E-state index is 0.0769. The number of ether oxygens (including phenoxy) is 2. The molecule has 0 aliphatic carbocycles. The molecule has 0 saturated heterocycles. The van der Waals surface area contributed by atoms with Crippen LogP contribution in [0.25, 0.3) is 0 Å². The Morgan fingerprint density at radius 2 is 1.33 bits per heavy atom. The van der Waals surface area contributed by atoms with E-state index in [1.54, 1.807) is 34.6 Å². The van der Waals surface area contributed by atoms with Crippen LogP contribution in [0.2, 0.25) is 0 Å². The van der Waals surface area contributed by atoms with Crippen molar-refractivity contribution in [1.82, 2.24) is 0 Å². The summed E-state index contributed by atoms with van der Waals surface area (Å²) in [7, 11) is 0. The largest absolute Gasteiger partial charge is 0.460 e. The predicted octanol–water partition coefficient (Wildman–Crippen LogP) is 4.68. The van der Waals surface area contributed by atoms with Crippen molar-refractivity contribution in [1.29, 1.82) is 0 Å². The van der Waals surface area contributed by atoms with Crippen molar-refractivity contribution in [3.63, 3.8) is 0 Å². The van der Waals surface area contributed by atoms with Crippen molar-refractivity contribution in [3.05, 3.63) is 29.1 Å². The molecule has 0 heterocycles. The van der Waals surface area contributed by atoms with E-state index in [-0.39, 0.29) is 12.3 Å². The Hall–Kier alpha value is -2.19. The lowest BCUT2D eigenvalue weighted by atomic mass is 9.94. The first kappa shape index (κ1) is 22.9. The molecular weight excluding hydrogens is 375 g/mol. The van der Waals surface area contributed by atoms with Crippen LogP contribution in [0, 0.1) is 40.9 Å². The van der Waals surface area contributed by atoms with Gasteiger partial charge in [0.2, 0.25) is 34.8 Å². The van der Waals surface area contributed by atoms with E-state index in [0.717, 1.165) is 0 Å². The average Bonchev–Trinajstić information content (AvgIpc) is 2.52. The van der Waals surface area contributed by atoms with Crippen molar-refractivity contribution in [2.24, 2.45) is 11.8 Å². The van der Waals surface area contributed by atoms with Crippen LogP contribution >= 0.6 is 0 Å². The number of rotatable bonds is 6. The standard InChI is InChI=1S/C18H21F5O4/c1-8(2)6-9(7-10(24)27-18(3,4)5)17(25)26-16-14(22)12(20)11(19)13(21)15(16)23/h8-9H,6-7H2,1-5H3/t9-/m1/s1. The molecule has 0 aromatic heterocycles. The lowest BCUT2D eigenvalue weighted by Gasteiger charge is -2.22. The smallest absolute Gasteiger partial charge is 0.315 e. The van der Waals surface area contributed by atoms with E-state index in [0.29, 0.717) is 0 Å². The summed E-state index contributed by atoms with van der Waals surface area (Å²) in [5.41, 5.74) is -0.829. The number of carbonyl (C=O) groups is 2. The van der Waals surface area contributed by atoms with Gasteiger partial charge in [0, 0.05) is 0 Å². The van der Waals surface area contributed by atoms with Crippen LogP contribution in [-0.2, 0) is 14.3 Å². The Kier molecular flexibility index (Phi) is 7.33. The van der Waals surface area contributed by atoms with Gasteiger partial charge in [0.25, 0.3) is 0 Å². The van der Waals surface area contributed by atoms with Crippen LogP contribution in [0.15, 0.2) is 0 Å². The number of benzene rings is 1. The molecule has 0 saturated carbocycles. The van der Waals surface area contributed by atoms with Gasteiger partial charge >= 0.3 is 11.9 Å². The number of esters is 2. The van der Waals surface area contributed by atoms with Gasteiger partial charge in [-0.25, -0.2) is 13.2 Å². The van der Waals surface area contributed by atoms with Crippen molar-refractivity contribution in [3.8, 4) is 5.75 Å². The number of halogens is 5. The summed E-state index contributed by atoms with van der Waals surface area (Å²) < 4.78 is 76.4. The Labute approximate surface area is 153 Å². The van der Waals surface area contributed by atoms with E-state index >= 15 is 0 Å². The van der Waals surface area contributed by atoms with Gasteiger partial charge in [0.05, 0.1) is 12.3 Å². The maximum atomic E-state index is 13.7. The third-order valence-electron chi connectivity index (χ3n) is 3.29. The van der Waals surface area contributed by atoms with E-state index in [1.807, 2.05) is 0 Å². The van der Waals surface area contributed by atoms with Gasteiger partial charge in [-0.05, 0) is 33.1 Å². The topological polar surface area (TPSA) is 52.6 Å². The second kappa shape index (κ2) is 8.67. The molecule has 0 radical (unpaired) electrons. The van der Waals surface area contributed by atoms with Crippen molar-refractivity contribution >= 4 is 11.9 Å². The summed E-state index contributed by atoms with van der Waals surface area (Å²) in [6.45, 7) is 8.25.